The first-order valence-corrected chi connectivity index (χ1v) is 22.3. The second-order valence-electron chi connectivity index (χ2n) is 16.8. The molecular formula is C60H42F2N4. The highest BCUT2D eigenvalue weighted by Gasteiger charge is 2.21. The molecule has 0 fully saturated rings. The average Bonchev–Trinajstić information content (AvgIpc) is 3.88. The van der Waals surface area contributed by atoms with E-state index in [1.807, 2.05) is 36.4 Å². The number of aromatic nitrogens is 2. The van der Waals surface area contributed by atoms with E-state index in [1.165, 1.54) is 12.1 Å². The van der Waals surface area contributed by atoms with Crippen LogP contribution in [0, 0.1) is 5.82 Å². The molecule has 12 rings (SSSR count). The molecule has 0 aliphatic heterocycles. The van der Waals surface area contributed by atoms with E-state index < -0.39 is 0 Å². The van der Waals surface area contributed by atoms with Gasteiger partial charge in [0.25, 0.3) is 0 Å². The number of rotatable bonds is 9. The van der Waals surface area contributed by atoms with Crippen LogP contribution in [0.1, 0.15) is 12.8 Å². The summed E-state index contributed by atoms with van der Waals surface area (Å²) in [6, 6.07) is 75.4. The number of anilines is 6. The smallest absolute Gasteiger partial charge is 0.123 e. The van der Waals surface area contributed by atoms with Gasteiger partial charge in [0.2, 0.25) is 0 Å². The third-order valence-corrected chi connectivity index (χ3v) is 12.9. The van der Waals surface area contributed by atoms with E-state index in [0.29, 0.717) is 12.8 Å². The molecule has 0 N–H and O–H groups in total. The van der Waals surface area contributed by atoms with Gasteiger partial charge in [-0.3, -0.25) is 0 Å². The van der Waals surface area contributed by atoms with E-state index >= 15 is 0 Å². The molecule has 0 saturated carbocycles. The summed E-state index contributed by atoms with van der Waals surface area (Å²) >= 11 is 0. The van der Waals surface area contributed by atoms with Gasteiger partial charge in [0.15, 0.2) is 0 Å². The number of benzene rings is 9. The van der Waals surface area contributed by atoms with E-state index in [9.17, 15) is 8.78 Å². The lowest BCUT2D eigenvalue weighted by Crippen LogP contribution is -2.10. The third kappa shape index (κ3) is 6.82. The molecule has 0 unspecified atom stereocenters. The van der Waals surface area contributed by atoms with Gasteiger partial charge >= 0.3 is 0 Å². The van der Waals surface area contributed by atoms with Crippen molar-refractivity contribution in [2.24, 2.45) is 0 Å². The SMILES string of the molecule is FC1=CC=C(n2c3ccccc3c3cc(N(c4ccccc4)c4ccc(-c5ccc(N(c6ccccc6)c6ccc7c(c6)c6ccccc6n7-c6ccc(F)cc6)cc5)cc4)ccc32)CC1. The van der Waals surface area contributed by atoms with E-state index in [1.54, 1.807) is 6.08 Å². The van der Waals surface area contributed by atoms with Gasteiger partial charge in [0.1, 0.15) is 11.6 Å². The summed E-state index contributed by atoms with van der Waals surface area (Å²) in [7, 11) is 0. The van der Waals surface area contributed by atoms with Crippen LogP contribution in [0.15, 0.2) is 236 Å². The van der Waals surface area contributed by atoms with Gasteiger partial charge in [-0.1, -0.05) is 97.1 Å². The van der Waals surface area contributed by atoms with Gasteiger partial charge in [0.05, 0.1) is 22.1 Å². The Morgan fingerprint density at radius 1 is 0.333 bits per heavy atom. The van der Waals surface area contributed by atoms with E-state index in [-0.39, 0.29) is 11.6 Å². The van der Waals surface area contributed by atoms with Crippen molar-refractivity contribution in [3.05, 3.63) is 242 Å². The largest absolute Gasteiger partial charge is 0.313 e. The summed E-state index contributed by atoms with van der Waals surface area (Å²) in [4.78, 5) is 4.60. The molecule has 2 aromatic heterocycles. The highest BCUT2D eigenvalue weighted by Crippen LogP contribution is 2.43. The maximum Gasteiger partial charge on any atom is 0.123 e. The number of allylic oxidation sites excluding steroid dienone is 4. The zero-order valence-electron chi connectivity index (χ0n) is 35.9. The molecule has 2 heterocycles. The van der Waals surface area contributed by atoms with Gasteiger partial charge < -0.3 is 18.9 Å². The second-order valence-corrected chi connectivity index (χ2v) is 16.8. The quantitative estimate of drug-likeness (QED) is 0.144. The van der Waals surface area contributed by atoms with Crippen molar-refractivity contribution in [1.82, 2.24) is 9.13 Å². The number of para-hydroxylation sites is 4. The molecule has 1 aliphatic carbocycles. The third-order valence-electron chi connectivity index (χ3n) is 12.9. The van der Waals surface area contributed by atoms with Crippen LogP contribution >= 0.6 is 0 Å². The van der Waals surface area contributed by atoms with Gasteiger partial charge in [-0.25, -0.2) is 8.78 Å². The lowest BCUT2D eigenvalue weighted by atomic mass is 10.0. The van der Waals surface area contributed by atoms with Crippen molar-refractivity contribution in [1.29, 1.82) is 0 Å². The molecule has 0 amide bonds. The Bertz CT molecular complexity index is 3640. The lowest BCUT2D eigenvalue weighted by Gasteiger charge is -2.26. The molecule has 0 spiro atoms. The van der Waals surface area contributed by atoms with E-state index in [2.05, 4.69) is 195 Å². The summed E-state index contributed by atoms with van der Waals surface area (Å²) in [5.74, 6) is -0.328. The zero-order chi connectivity index (χ0) is 44.1. The van der Waals surface area contributed by atoms with Crippen LogP contribution in [-0.4, -0.2) is 9.13 Å². The van der Waals surface area contributed by atoms with Gasteiger partial charge in [-0.05, 0) is 151 Å². The minimum Gasteiger partial charge on any atom is -0.313 e. The molecule has 0 atom stereocenters. The number of nitrogens with zero attached hydrogens (tertiary/aromatic N) is 4. The predicted molar refractivity (Wildman–Crippen MR) is 271 cm³/mol. The maximum atomic E-state index is 14.1. The summed E-state index contributed by atoms with van der Waals surface area (Å²) in [6.45, 7) is 0. The Labute approximate surface area is 381 Å². The van der Waals surface area contributed by atoms with Crippen LogP contribution in [0.4, 0.5) is 42.9 Å². The normalized spacial score (nSPS) is 12.8. The highest BCUT2D eigenvalue weighted by atomic mass is 19.1. The van der Waals surface area contributed by atoms with Crippen LogP contribution in [-0.2, 0) is 0 Å². The Balaban J connectivity index is 0.896. The Morgan fingerprint density at radius 2 is 0.758 bits per heavy atom. The van der Waals surface area contributed by atoms with Crippen LogP contribution in [0.3, 0.4) is 0 Å². The number of hydrogen-bond donors (Lipinski definition) is 0. The fourth-order valence-corrected chi connectivity index (χ4v) is 9.82. The first-order chi connectivity index (χ1) is 32.6. The molecule has 316 valence electrons. The lowest BCUT2D eigenvalue weighted by molar-refractivity contribution is 0.587. The maximum absolute atomic E-state index is 14.1. The minimum atomic E-state index is -0.254. The molecule has 4 nitrogen and oxygen atoms in total. The van der Waals surface area contributed by atoms with Crippen molar-refractivity contribution >= 4 is 83.4 Å². The van der Waals surface area contributed by atoms with E-state index in [4.69, 9.17) is 0 Å². The fourth-order valence-electron chi connectivity index (χ4n) is 9.82. The van der Waals surface area contributed by atoms with Crippen LogP contribution in [0.25, 0.3) is 66.1 Å². The Kier molecular flexibility index (Phi) is 9.64. The molecule has 6 heteroatoms. The van der Waals surface area contributed by atoms with Crippen molar-refractivity contribution in [3.8, 4) is 16.8 Å². The fraction of sp³-hybridized carbons (Fsp3) is 0.0333. The van der Waals surface area contributed by atoms with Gasteiger partial charge in [0, 0.05) is 73.5 Å². The molecule has 0 bridgehead atoms. The molecule has 1 aliphatic rings. The predicted octanol–water partition coefficient (Wildman–Crippen LogP) is 17.1. The summed E-state index contributed by atoms with van der Waals surface area (Å²) in [5.41, 5.74) is 14.9. The highest BCUT2D eigenvalue weighted by molar-refractivity contribution is 6.12. The molecule has 0 saturated heterocycles. The first kappa shape index (κ1) is 39.1. The monoisotopic (exact) mass is 856 g/mol. The minimum absolute atomic E-state index is 0.0746. The first-order valence-electron chi connectivity index (χ1n) is 22.3. The topological polar surface area (TPSA) is 16.3 Å². The molecule has 0 radical (unpaired) electrons. The van der Waals surface area contributed by atoms with Crippen LogP contribution in [0.5, 0.6) is 0 Å². The standard InChI is InChI=1S/C60H42F2N4/c61-43-23-31-49(32-24-43)65-57-17-9-7-15-53(57)55-39-51(35-37-59(55)65)63(45-11-3-1-4-12-45)47-27-19-41(20-28-47)42-21-29-48(30-22-42)64(46-13-5-2-6-14-46)52-36-38-60-56(40-52)54-16-8-10-18-58(54)66(60)50-33-25-44(62)26-34-50/h1-25,27-33,35-40H,26,34H2. The van der Waals surface area contributed by atoms with Crippen molar-refractivity contribution < 1.29 is 8.78 Å². The Hall–Kier alpha value is -8.48. The van der Waals surface area contributed by atoms with Crippen molar-refractivity contribution in [3.63, 3.8) is 0 Å². The van der Waals surface area contributed by atoms with Crippen LogP contribution in [0.2, 0.25) is 0 Å². The molecule has 11 aromatic rings. The second kappa shape index (κ2) is 16.3. The number of hydrogen-bond acceptors (Lipinski definition) is 2. The van der Waals surface area contributed by atoms with Crippen LogP contribution < -0.4 is 9.80 Å². The van der Waals surface area contributed by atoms with Gasteiger partial charge in [-0.15, -0.1) is 0 Å². The van der Waals surface area contributed by atoms with Crippen molar-refractivity contribution in [2.75, 3.05) is 9.80 Å². The van der Waals surface area contributed by atoms with E-state index in [0.717, 1.165) is 100 Å². The van der Waals surface area contributed by atoms with Gasteiger partial charge in [-0.2, -0.15) is 0 Å². The summed E-state index contributed by atoms with van der Waals surface area (Å²) in [5, 5.41) is 4.57. The molecule has 66 heavy (non-hydrogen) atoms. The van der Waals surface area contributed by atoms with Crippen molar-refractivity contribution in [2.45, 2.75) is 12.8 Å². The summed E-state index contributed by atoms with van der Waals surface area (Å²) in [6.07, 6.45) is 4.59. The molecule has 9 aromatic carbocycles. The zero-order valence-corrected chi connectivity index (χ0v) is 35.9. The Morgan fingerprint density at radius 3 is 1.26 bits per heavy atom. The number of fused-ring (bicyclic) bond motifs is 6. The molecular weight excluding hydrogens is 815 g/mol. The summed E-state index contributed by atoms with van der Waals surface area (Å²) < 4.78 is 32.6. The average molecular weight is 857 g/mol. The number of halogens is 2.